The minimum atomic E-state index is -2.96. The van der Waals surface area contributed by atoms with Crippen molar-refractivity contribution in [3.05, 3.63) is 203 Å². The van der Waals surface area contributed by atoms with E-state index in [-0.39, 0.29) is 41.7 Å². The maximum atomic E-state index is 13.2. The number of likely N-dealkylation sites (N-methyl/N-ethyl adjacent to an activating group) is 1. The van der Waals surface area contributed by atoms with Gasteiger partial charge in [-0.15, -0.1) is 5.10 Å². The molecule has 3 amide bonds. The van der Waals surface area contributed by atoms with Crippen LogP contribution in [0.4, 0.5) is 47.1 Å². The average Bonchev–Trinajstić information content (AvgIpc) is 1.63. The molecule has 3 aliphatic rings. The van der Waals surface area contributed by atoms with Crippen LogP contribution in [0.25, 0.3) is 34.5 Å². The zero-order valence-corrected chi connectivity index (χ0v) is 66.7. The van der Waals surface area contributed by atoms with Gasteiger partial charge >= 0.3 is 17.9 Å². The first-order valence-electron chi connectivity index (χ1n) is 36.1. The van der Waals surface area contributed by atoms with E-state index in [2.05, 4.69) is 56.2 Å². The molecule has 14 rings (SSSR count). The van der Waals surface area contributed by atoms with Gasteiger partial charge in [0.25, 0.3) is 17.8 Å². The Hall–Kier alpha value is -10.7. The van der Waals surface area contributed by atoms with Crippen molar-refractivity contribution in [3.8, 4) is 34.8 Å². The van der Waals surface area contributed by atoms with Crippen LogP contribution in [0.15, 0.2) is 137 Å². The summed E-state index contributed by atoms with van der Waals surface area (Å²) in [5.74, 6) is -0.118. The Bertz CT molecular complexity index is 5120. The predicted octanol–water partition coefficient (Wildman–Crippen LogP) is 17.7. The van der Waals surface area contributed by atoms with Crippen molar-refractivity contribution >= 4 is 104 Å². The summed E-state index contributed by atoms with van der Waals surface area (Å²) in [6.07, 6.45) is 9.36. The number of halogens is 6. The number of phenols is 1. The van der Waals surface area contributed by atoms with Gasteiger partial charge in [-0.3, -0.25) is 10.1 Å². The molecule has 1 saturated carbocycles. The molecule has 1 saturated heterocycles. The van der Waals surface area contributed by atoms with Crippen molar-refractivity contribution in [3.63, 3.8) is 0 Å². The van der Waals surface area contributed by atoms with Crippen molar-refractivity contribution < 1.29 is 46.9 Å². The van der Waals surface area contributed by atoms with Crippen molar-refractivity contribution in [2.75, 3.05) is 54.2 Å². The smallest absolute Gasteiger partial charge is 0.437 e. The van der Waals surface area contributed by atoms with Crippen LogP contribution in [0.5, 0.6) is 11.5 Å². The van der Waals surface area contributed by atoms with E-state index >= 15 is 0 Å². The van der Waals surface area contributed by atoms with Gasteiger partial charge < -0.3 is 48.7 Å². The molecule has 5 aromatic carbocycles. The first-order chi connectivity index (χ1) is 52.8. The number of para-hydroxylation sites is 2. The molecule has 0 bridgehead atoms. The number of phenolic OH excluding ortho intramolecular Hbond substituents is 1. The van der Waals surface area contributed by atoms with Crippen LogP contribution >= 0.6 is 46.4 Å². The van der Waals surface area contributed by atoms with E-state index in [0.29, 0.717) is 105 Å². The number of benzene rings is 5. The normalized spacial score (nSPS) is 13.7. The quantitative estimate of drug-likeness (QED) is 0.0741. The maximum absolute atomic E-state index is 13.2. The molecule has 1 aliphatic carbocycles. The Kier molecular flexibility index (Phi) is 27.5. The standard InChI is InChI=1S/C19H28N2O5.C17H13ClF2N2O3.C17H16ClN7.C16H23N5.C10H9Cl2NO/c1-19(2,3)26-18(23)21-11-9-14(10-12-21)13-25-17(22)20-15-7-5-6-8-16(15)24-4;1-17(19,20)12-4-2-10(3-5-12)15-21-22(16(24)25-15)9-11-8-13(18)6-7-14(11)23;1-10-8-11(2)25(23-10)17-21-15(14-16(22-17)24(3)9-19-14)20-13-6-4-12(18)5-7-13;1-11-10-15(18-14-7-5-4-6-8-14)19-16(17-11)21-13(3)9-12(2)20-21;1-2-13-9-5-8(12)7(11)3-6(9)4-10(13)14/h5-8,14H,9-13H2,1-4H3,(H,20,22);2-8,23H,9H2,1H3;4-9H,1-3H3,(H,20,21,22);9-10,14H,4-8H2,1-3H3,(H,17,18,19);3,5H,2,4H2,1H3. The van der Waals surface area contributed by atoms with Crippen molar-refractivity contribution in [2.24, 2.45) is 13.0 Å². The first-order valence-corrected chi connectivity index (χ1v) is 37.6. The van der Waals surface area contributed by atoms with E-state index in [1.165, 1.54) is 74.6 Å². The number of piperidine rings is 1. The number of aromatic hydroxyl groups is 1. The highest BCUT2D eigenvalue weighted by Crippen LogP contribution is 2.37. The van der Waals surface area contributed by atoms with Gasteiger partial charge in [-0.1, -0.05) is 89.9 Å². The number of fused-ring (bicyclic) bond motifs is 2. The molecule has 8 heterocycles. The Morgan fingerprint density at radius 2 is 1.36 bits per heavy atom. The van der Waals surface area contributed by atoms with Gasteiger partial charge in [-0.25, -0.2) is 42.5 Å². The molecule has 111 heavy (non-hydrogen) atoms. The minimum absolute atomic E-state index is 0.00233. The number of amides is 3. The fourth-order valence-corrected chi connectivity index (χ4v) is 13.0. The molecule has 0 unspecified atom stereocenters. The fraction of sp³-hybridized carbons (Fsp3) is 0.367. The molecular formula is C79H89Cl4F2N17O9. The number of hydrogen-bond acceptors (Lipinski definition) is 19. The van der Waals surface area contributed by atoms with Crippen molar-refractivity contribution in [2.45, 2.75) is 145 Å². The van der Waals surface area contributed by atoms with Crippen molar-refractivity contribution in [1.82, 2.24) is 63.7 Å². The van der Waals surface area contributed by atoms with E-state index in [9.17, 15) is 33.1 Å². The first kappa shape index (κ1) is 82.8. The molecule has 0 atom stereocenters. The molecule has 6 aromatic heterocycles. The zero-order chi connectivity index (χ0) is 80.0. The maximum Gasteiger partial charge on any atom is 0.437 e. The molecule has 2 aliphatic heterocycles. The Morgan fingerprint density at radius 3 is 1.98 bits per heavy atom. The van der Waals surface area contributed by atoms with Gasteiger partial charge in [0.15, 0.2) is 17.0 Å². The molecule has 586 valence electrons. The second-order valence-electron chi connectivity index (χ2n) is 28.0. The lowest BCUT2D eigenvalue weighted by atomic mass is 9.95. The number of carbonyl (C=O) groups is 3. The lowest BCUT2D eigenvalue weighted by molar-refractivity contribution is -0.117. The largest absolute Gasteiger partial charge is 0.508 e. The van der Waals surface area contributed by atoms with Gasteiger partial charge in [-0.05, 0) is 190 Å². The van der Waals surface area contributed by atoms with Crippen LogP contribution in [-0.4, -0.2) is 132 Å². The number of hydrogen-bond donors (Lipinski definition) is 4. The monoisotopic (exact) mass is 1600 g/mol. The highest BCUT2D eigenvalue weighted by atomic mass is 35.5. The predicted molar refractivity (Wildman–Crippen MR) is 426 cm³/mol. The van der Waals surface area contributed by atoms with Gasteiger partial charge in [0.2, 0.25) is 11.8 Å². The third-order valence-electron chi connectivity index (χ3n) is 17.9. The van der Waals surface area contributed by atoms with Crippen LogP contribution in [0.2, 0.25) is 20.1 Å². The number of methoxy groups -OCH3 is 1. The summed E-state index contributed by atoms with van der Waals surface area (Å²) in [7, 11) is 3.45. The third kappa shape index (κ3) is 22.5. The topological polar surface area (TPSA) is 295 Å². The number of nitrogens with zero attached hydrogens (tertiary/aromatic N) is 14. The number of rotatable bonds is 15. The summed E-state index contributed by atoms with van der Waals surface area (Å²) in [6, 6.07) is 34.4. The summed E-state index contributed by atoms with van der Waals surface area (Å²) in [4.78, 5) is 73.8. The lowest BCUT2D eigenvalue weighted by Gasteiger charge is -2.33. The van der Waals surface area contributed by atoms with E-state index in [1.807, 2.05) is 133 Å². The van der Waals surface area contributed by atoms with Gasteiger partial charge in [0, 0.05) is 101 Å². The van der Waals surface area contributed by atoms with Crippen LogP contribution in [0.1, 0.15) is 125 Å². The number of aryl methyl sites for hydroxylation is 6. The van der Waals surface area contributed by atoms with Gasteiger partial charge in [-0.2, -0.15) is 29.8 Å². The van der Waals surface area contributed by atoms with Crippen LogP contribution < -0.4 is 31.3 Å². The summed E-state index contributed by atoms with van der Waals surface area (Å²) in [5.41, 5.74) is 9.76. The highest BCUT2D eigenvalue weighted by Gasteiger charge is 2.30. The highest BCUT2D eigenvalue weighted by molar-refractivity contribution is 6.42. The number of likely N-dealkylation sites (tertiary alicyclic amines) is 1. The molecule has 2 fully saturated rings. The fourth-order valence-electron chi connectivity index (χ4n) is 12.4. The zero-order valence-electron chi connectivity index (χ0n) is 63.7. The molecule has 11 aromatic rings. The molecule has 4 N–H and O–H groups in total. The third-order valence-corrected chi connectivity index (χ3v) is 19.1. The number of nitrogens with one attached hydrogen (secondary N) is 3. The van der Waals surface area contributed by atoms with Crippen molar-refractivity contribution in [1.29, 1.82) is 0 Å². The number of imidazole rings is 1. The molecule has 0 radical (unpaired) electrons. The van der Waals surface area contributed by atoms with E-state index in [1.54, 1.807) is 52.2 Å². The van der Waals surface area contributed by atoms with E-state index in [4.69, 9.17) is 65.0 Å². The molecule has 32 heteroatoms. The Labute approximate surface area is 661 Å². The Balaban J connectivity index is 0.000000149. The average molecular weight is 1600 g/mol. The molecular weight excluding hydrogens is 1510 g/mol. The molecule has 26 nitrogen and oxygen atoms in total. The Morgan fingerprint density at radius 1 is 0.721 bits per heavy atom. The number of alkyl halides is 2. The molecule has 0 spiro atoms. The number of carbonyl (C=O) groups excluding carboxylic acids is 3. The van der Waals surface area contributed by atoms with E-state index in [0.717, 1.165) is 81.3 Å². The second-order valence-corrected chi connectivity index (χ2v) is 29.7. The van der Waals surface area contributed by atoms with Crippen LogP contribution in [-0.2, 0) is 40.2 Å². The number of anilines is 5. The summed E-state index contributed by atoms with van der Waals surface area (Å²) in [6.45, 7) is 20.4. The lowest BCUT2D eigenvalue weighted by Crippen LogP contribution is -2.42. The van der Waals surface area contributed by atoms with Gasteiger partial charge in [0.05, 0.1) is 60.1 Å². The second kappa shape index (κ2) is 36.9. The van der Waals surface area contributed by atoms with E-state index < -0.39 is 23.4 Å². The SMILES string of the molecule is CC(F)(F)c1ccc(-c2nn(Cc3cc(Cl)ccc3O)c(=O)o2)cc1.CCN1C(=O)Cc2cc(Cl)c(Cl)cc21.COc1ccccc1NC(=O)OCC1CCN(C(=O)OC(C)(C)C)CC1.Cc1cc(C)n(-c2nc(Nc3ccc(Cl)cc3)c3ncn(C)c3n2)n1.Cc1cc(NC2CCCCC2)nc(-n2nc(C)cc2C)n1. The summed E-state index contributed by atoms with van der Waals surface area (Å²) >= 11 is 23.6. The summed E-state index contributed by atoms with van der Waals surface area (Å²) in [5, 5.41) is 34.4. The van der Waals surface area contributed by atoms with Crippen LogP contribution in [0, 0.1) is 40.5 Å². The van der Waals surface area contributed by atoms with Gasteiger partial charge in [0.1, 0.15) is 22.9 Å². The van der Waals surface area contributed by atoms with Crippen LogP contribution in [0.3, 0.4) is 0 Å². The number of aromatic nitrogens is 12. The minimum Gasteiger partial charge on any atom is -0.508 e. The number of ether oxygens (including phenoxy) is 3. The summed E-state index contributed by atoms with van der Waals surface area (Å²) < 4.78 is 53.9.